The first-order valence-electron chi connectivity index (χ1n) is 6.53. The molecule has 0 atom stereocenters. The Morgan fingerprint density at radius 3 is 3.00 bits per heavy atom. The van der Waals surface area contributed by atoms with Crippen molar-refractivity contribution in [2.45, 2.75) is 19.4 Å². The van der Waals surface area contributed by atoms with Crippen LogP contribution in [0.3, 0.4) is 0 Å². The Morgan fingerprint density at radius 1 is 1.55 bits per heavy atom. The fourth-order valence-electron chi connectivity index (χ4n) is 2.32. The molecule has 3 heterocycles. The van der Waals surface area contributed by atoms with Crippen LogP contribution in [0.15, 0.2) is 17.8 Å². The van der Waals surface area contributed by atoms with E-state index in [9.17, 15) is 4.79 Å². The van der Waals surface area contributed by atoms with Gasteiger partial charge in [0.25, 0.3) is 0 Å². The van der Waals surface area contributed by atoms with Crippen molar-refractivity contribution in [2.24, 2.45) is 7.05 Å². The summed E-state index contributed by atoms with van der Waals surface area (Å²) in [5.41, 5.74) is 1.08. The molecule has 6 nitrogen and oxygen atoms in total. The zero-order chi connectivity index (χ0) is 14.1. The van der Waals surface area contributed by atoms with E-state index in [0.717, 1.165) is 31.2 Å². The van der Waals surface area contributed by atoms with E-state index < -0.39 is 0 Å². The van der Waals surface area contributed by atoms with Crippen LogP contribution in [0, 0.1) is 0 Å². The second-order valence-electron chi connectivity index (χ2n) is 5.10. The minimum absolute atomic E-state index is 0.0732. The van der Waals surface area contributed by atoms with Gasteiger partial charge in [-0.25, -0.2) is 9.97 Å². The van der Waals surface area contributed by atoms with Crippen molar-refractivity contribution in [1.82, 2.24) is 19.4 Å². The lowest BCUT2D eigenvalue weighted by Crippen LogP contribution is -2.44. The third kappa shape index (κ3) is 2.73. The first-order valence-corrected chi connectivity index (χ1v) is 7.41. The molecular weight excluding hydrogens is 274 g/mol. The second kappa shape index (κ2) is 5.34. The molecule has 1 fully saturated rings. The maximum absolute atomic E-state index is 11.0. The minimum atomic E-state index is -0.0732. The number of hydrogen-bond acceptors (Lipinski definition) is 5. The van der Waals surface area contributed by atoms with Crippen molar-refractivity contribution in [3.05, 3.63) is 29.3 Å². The number of aromatic nitrogens is 3. The SMILES string of the molecule is CC(=O)Nc1nc(C2CN(Cc3nccn3C)C2)cs1. The van der Waals surface area contributed by atoms with Crippen LogP contribution in [-0.2, 0) is 18.4 Å². The van der Waals surface area contributed by atoms with Gasteiger partial charge in [-0.2, -0.15) is 0 Å². The summed E-state index contributed by atoms with van der Waals surface area (Å²) in [6, 6.07) is 0. The van der Waals surface area contributed by atoms with E-state index >= 15 is 0 Å². The fourth-order valence-corrected chi connectivity index (χ4v) is 3.15. The fraction of sp³-hybridized carbons (Fsp3) is 0.462. The number of thiazole rings is 1. The number of carbonyl (C=O) groups is 1. The summed E-state index contributed by atoms with van der Waals surface area (Å²) < 4.78 is 2.05. The lowest BCUT2D eigenvalue weighted by atomic mass is 9.97. The van der Waals surface area contributed by atoms with E-state index in [2.05, 4.69) is 20.2 Å². The minimum Gasteiger partial charge on any atom is -0.337 e. The molecule has 0 aromatic carbocycles. The van der Waals surface area contributed by atoms with Crippen LogP contribution in [0.4, 0.5) is 5.13 Å². The van der Waals surface area contributed by atoms with Crippen LogP contribution >= 0.6 is 11.3 Å². The van der Waals surface area contributed by atoms with Gasteiger partial charge < -0.3 is 9.88 Å². The van der Waals surface area contributed by atoms with Crippen LogP contribution < -0.4 is 5.32 Å². The standard InChI is InChI=1S/C13H17N5OS/c1-9(19)15-13-16-11(8-20-13)10-5-18(6-10)7-12-14-3-4-17(12)2/h3-4,8,10H,5-7H2,1-2H3,(H,15,16,19). The first kappa shape index (κ1) is 13.3. The average Bonchev–Trinajstić information content (AvgIpc) is 2.92. The highest BCUT2D eigenvalue weighted by Crippen LogP contribution is 2.30. The largest absolute Gasteiger partial charge is 0.337 e. The lowest BCUT2D eigenvalue weighted by molar-refractivity contribution is -0.114. The number of amides is 1. The van der Waals surface area contributed by atoms with Crippen LogP contribution in [0.25, 0.3) is 0 Å². The van der Waals surface area contributed by atoms with Crippen LogP contribution in [0.2, 0.25) is 0 Å². The maximum atomic E-state index is 11.0. The van der Waals surface area contributed by atoms with Gasteiger partial charge in [0, 0.05) is 50.8 Å². The normalized spacial score (nSPS) is 16.1. The topological polar surface area (TPSA) is 63.1 Å². The predicted molar refractivity (Wildman–Crippen MR) is 77.6 cm³/mol. The number of hydrogen-bond donors (Lipinski definition) is 1. The van der Waals surface area contributed by atoms with E-state index in [4.69, 9.17) is 0 Å². The molecule has 2 aromatic heterocycles. The molecule has 0 unspecified atom stereocenters. The number of rotatable bonds is 4. The molecule has 20 heavy (non-hydrogen) atoms. The molecule has 0 saturated carbocycles. The van der Waals surface area contributed by atoms with Gasteiger partial charge in [-0.3, -0.25) is 9.69 Å². The molecule has 3 rings (SSSR count). The van der Waals surface area contributed by atoms with Crippen LogP contribution in [-0.4, -0.2) is 38.4 Å². The van der Waals surface area contributed by atoms with Gasteiger partial charge in [-0.1, -0.05) is 0 Å². The molecule has 1 saturated heterocycles. The molecule has 106 valence electrons. The van der Waals surface area contributed by atoms with Crippen molar-refractivity contribution in [2.75, 3.05) is 18.4 Å². The van der Waals surface area contributed by atoms with Gasteiger partial charge in [0.1, 0.15) is 5.82 Å². The van der Waals surface area contributed by atoms with Gasteiger partial charge in [0.05, 0.1) is 12.2 Å². The van der Waals surface area contributed by atoms with Gasteiger partial charge >= 0.3 is 0 Å². The number of likely N-dealkylation sites (tertiary alicyclic amines) is 1. The molecule has 1 aliphatic heterocycles. The Kier molecular flexibility index (Phi) is 3.54. The maximum Gasteiger partial charge on any atom is 0.223 e. The number of imidazole rings is 1. The second-order valence-corrected chi connectivity index (χ2v) is 5.96. The average molecular weight is 291 g/mol. The predicted octanol–water partition coefficient (Wildman–Crippen LogP) is 1.43. The zero-order valence-electron chi connectivity index (χ0n) is 11.5. The summed E-state index contributed by atoms with van der Waals surface area (Å²) in [5.74, 6) is 1.48. The molecule has 1 N–H and O–H groups in total. The van der Waals surface area contributed by atoms with Crippen molar-refractivity contribution < 1.29 is 4.79 Å². The molecule has 1 amide bonds. The van der Waals surface area contributed by atoms with E-state index in [1.165, 1.54) is 18.3 Å². The number of nitrogens with zero attached hydrogens (tertiary/aromatic N) is 4. The zero-order valence-corrected chi connectivity index (χ0v) is 12.4. The molecule has 1 aliphatic rings. The number of nitrogens with one attached hydrogen (secondary N) is 1. The quantitative estimate of drug-likeness (QED) is 0.925. The Labute approximate surface area is 121 Å². The summed E-state index contributed by atoms with van der Waals surface area (Å²) in [7, 11) is 2.01. The monoisotopic (exact) mass is 291 g/mol. The van der Waals surface area contributed by atoms with Crippen molar-refractivity contribution in [3.8, 4) is 0 Å². The summed E-state index contributed by atoms with van der Waals surface area (Å²) in [4.78, 5) is 22.1. The summed E-state index contributed by atoms with van der Waals surface area (Å²) in [5, 5.41) is 5.45. The highest BCUT2D eigenvalue weighted by molar-refractivity contribution is 7.13. The van der Waals surface area contributed by atoms with E-state index in [1.807, 2.05) is 29.4 Å². The van der Waals surface area contributed by atoms with E-state index in [1.54, 1.807) is 0 Å². The number of carbonyl (C=O) groups excluding carboxylic acids is 1. The van der Waals surface area contributed by atoms with Crippen molar-refractivity contribution in [3.63, 3.8) is 0 Å². The lowest BCUT2D eigenvalue weighted by Gasteiger charge is -2.38. The molecule has 0 radical (unpaired) electrons. The van der Waals surface area contributed by atoms with Crippen molar-refractivity contribution >= 4 is 22.4 Å². The number of aryl methyl sites for hydroxylation is 1. The molecular formula is C13H17N5OS. The molecule has 0 bridgehead atoms. The molecule has 7 heteroatoms. The number of anilines is 1. The summed E-state index contributed by atoms with van der Waals surface area (Å²) in [6.07, 6.45) is 3.79. The Bertz CT molecular complexity index is 614. The van der Waals surface area contributed by atoms with Crippen LogP contribution in [0.1, 0.15) is 24.4 Å². The Balaban J connectivity index is 1.54. The Morgan fingerprint density at radius 2 is 2.35 bits per heavy atom. The van der Waals surface area contributed by atoms with Crippen molar-refractivity contribution in [1.29, 1.82) is 0 Å². The highest BCUT2D eigenvalue weighted by Gasteiger charge is 2.30. The molecule has 0 spiro atoms. The Hall–Kier alpha value is -1.73. The smallest absolute Gasteiger partial charge is 0.223 e. The summed E-state index contributed by atoms with van der Waals surface area (Å²) >= 11 is 1.49. The van der Waals surface area contributed by atoms with Gasteiger partial charge in [0.2, 0.25) is 5.91 Å². The third-order valence-electron chi connectivity index (χ3n) is 3.47. The molecule has 0 aliphatic carbocycles. The third-order valence-corrected chi connectivity index (χ3v) is 4.24. The first-order chi connectivity index (χ1) is 9.61. The highest BCUT2D eigenvalue weighted by atomic mass is 32.1. The van der Waals surface area contributed by atoms with E-state index in [-0.39, 0.29) is 5.91 Å². The van der Waals surface area contributed by atoms with Gasteiger partial charge in [0.15, 0.2) is 5.13 Å². The molecule has 2 aromatic rings. The van der Waals surface area contributed by atoms with Gasteiger partial charge in [-0.15, -0.1) is 11.3 Å². The summed E-state index contributed by atoms with van der Waals surface area (Å²) in [6.45, 7) is 4.37. The van der Waals surface area contributed by atoms with Gasteiger partial charge in [-0.05, 0) is 0 Å². The van der Waals surface area contributed by atoms with E-state index in [0.29, 0.717) is 11.0 Å². The van der Waals surface area contributed by atoms with Crippen LogP contribution in [0.5, 0.6) is 0 Å².